The zero-order valence-electron chi connectivity index (χ0n) is 11.1. The van der Waals surface area contributed by atoms with Gasteiger partial charge in [0.1, 0.15) is 0 Å². The van der Waals surface area contributed by atoms with Crippen molar-refractivity contribution in [2.24, 2.45) is 5.92 Å². The SMILES string of the molecule is CC1=C(C)C(C)C(C)=C1CCCN(C)C. The van der Waals surface area contributed by atoms with Gasteiger partial charge in [0.2, 0.25) is 0 Å². The first-order valence-corrected chi connectivity index (χ1v) is 5.97. The fourth-order valence-electron chi connectivity index (χ4n) is 2.40. The van der Waals surface area contributed by atoms with E-state index in [1.54, 1.807) is 22.3 Å². The summed E-state index contributed by atoms with van der Waals surface area (Å²) in [6, 6.07) is 0. The Kier molecular flexibility index (Phi) is 4.15. The molecule has 0 aliphatic heterocycles. The average Bonchev–Trinajstić information content (AvgIpc) is 2.34. The minimum absolute atomic E-state index is 0.680. The summed E-state index contributed by atoms with van der Waals surface area (Å²) in [6.45, 7) is 10.4. The summed E-state index contributed by atoms with van der Waals surface area (Å²) < 4.78 is 0. The smallest absolute Gasteiger partial charge is 0.00152 e. The third-order valence-corrected chi connectivity index (χ3v) is 3.85. The van der Waals surface area contributed by atoms with Crippen molar-refractivity contribution in [3.8, 4) is 0 Å². The van der Waals surface area contributed by atoms with Crippen LogP contribution in [-0.4, -0.2) is 25.5 Å². The Hall–Kier alpha value is -0.560. The minimum atomic E-state index is 0.680. The highest BCUT2D eigenvalue weighted by Crippen LogP contribution is 2.38. The van der Waals surface area contributed by atoms with Crippen molar-refractivity contribution < 1.29 is 0 Å². The van der Waals surface area contributed by atoms with Gasteiger partial charge >= 0.3 is 0 Å². The quantitative estimate of drug-likeness (QED) is 0.680. The molecule has 1 unspecified atom stereocenters. The van der Waals surface area contributed by atoms with Gasteiger partial charge < -0.3 is 4.90 Å². The molecule has 0 heterocycles. The number of hydrogen-bond donors (Lipinski definition) is 0. The van der Waals surface area contributed by atoms with Gasteiger partial charge in [-0.15, -0.1) is 0 Å². The van der Waals surface area contributed by atoms with Crippen molar-refractivity contribution in [3.63, 3.8) is 0 Å². The van der Waals surface area contributed by atoms with Gasteiger partial charge in [-0.3, -0.25) is 0 Å². The van der Waals surface area contributed by atoms with E-state index < -0.39 is 0 Å². The largest absolute Gasteiger partial charge is 0.309 e. The molecule has 0 N–H and O–H groups in total. The summed E-state index contributed by atoms with van der Waals surface area (Å²) in [7, 11) is 4.29. The molecule has 1 aliphatic rings. The van der Waals surface area contributed by atoms with Gasteiger partial charge in [0.05, 0.1) is 0 Å². The molecule has 15 heavy (non-hydrogen) atoms. The second-order valence-electron chi connectivity index (χ2n) is 5.10. The molecule has 86 valence electrons. The molecule has 0 radical (unpaired) electrons. The Labute approximate surface area is 94.9 Å². The minimum Gasteiger partial charge on any atom is -0.309 e. The number of allylic oxidation sites excluding steroid dienone is 4. The molecule has 1 aliphatic carbocycles. The summed E-state index contributed by atoms with van der Waals surface area (Å²) in [4.78, 5) is 2.26. The summed E-state index contributed by atoms with van der Waals surface area (Å²) in [5.74, 6) is 0.680. The normalized spacial score (nSPS) is 22.2. The molecule has 1 heteroatoms. The van der Waals surface area contributed by atoms with Crippen LogP contribution in [0.2, 0.25) is 0 Å². The lowest BCUT2D eigenvalue weighted by Gasteiger charge is -2.11. The van der Waals surface area contributed by atoms with Crippen LogP contribution in [0, 0.1) is 5.92 Å². The molecule has 0 fully saturated rings. The van der Waals surface area contributed by atoms with Crippen LogP contribution in [0.1, 0.15) is 40.5 Å². The van der Waals surface area contributed by atoms with E-state index in [1.807, 2.05) is 0 Å². The van der Waals surface area contributed by atoms with Gasteiger partial charge in [-0.05, 0) is 71.3 Å². The molecule has 0 spiro atoms. The van der Waals surface area contributed by atoms with Gasteiger partial charge in [-0.25, -0.2) is 0 Å². The van der Waals surface area contributed by atoms with Crippen LogP contribution in [-0.2, 0) is 0 Å². The number of hydrogen-bond acceptors (Lipinski definition) is 1. The maximum absolute atomic E-state index is 2.33. The first kappa shape index (κ1) is 12.5. The molecule has 0 amide bonds. The van der Waals surface area contributed by atoms with Gasteiger partial charge in [0, 0.05) is 0 Å². The van der Waals surface area contributed by atoms with Crippen LogP contribution < -0.4 is 0 Å². The highest BCUT2D eigenvalue weighted by atomic mass is 15.0. The number of nitrogens with zero attached hydrogens (tertiary/aromatic N) is 1. The van der Waals surface area contributed by atoms with Crippen molar-refractivity contribution in [1.29, 1.82) is 0 Å². The third-order valence-electron chi connectivity index (χ3n) is 3.85. The predicted molar refractivity (Wildman–Crippen MR) is 68.0 cm³/mol. The zero-order valence-corrected chi connectivity index (χ0v) is 11.1. The maximum Gasteiger partial charge on any atom is -0.00152 e. The fraction of sp³-hybridized carbons (Fsp3) is 0.714. The fourth-order valence-corrected chi connectivity index (χ4v) is 2.40. The van der Waals surface area contributed by atoms with E-state index in [4.69, 9.17) is 0 Å². The molecule has 1 nitrogen and oxygen atoms in total. The lowest BCUT2D eigenvalue weighted by atomic mass is 9.99. The van der Waals surface area contributed by atoms with Gasteiger partial charge in [0.15, 0.2) is 0 Å². The van der Waals surface area contributed by atoms with Crippen LogP contribution in [0.5, 0.6) is 0 Å². The predicted octanol–water partition coefficient (Wildman–Crippen LogP) is 3.63. The molecule has 0 aromatic rings. The van der Waals surface area contributed by atoms with Gasteiger partial charge in [-0.2, -0.15) is 0 Å². The van der Waals surface area contributed by atoms with Crippen LogP contribution in [0.3, 0.4) is 0 Å². The molecule has 0 saturated heterocycles. The van der Waals surface area contributed by atoms with Crippen LogP contribution >= 0.6 is 0 Å². The lowest BCUT2D eigenvalue weighted by molar-refractivity contribution is 0.400. The summed E-state index contributed by atoms with van der Waals surface area (Å²) in [5.41, 5.74) is 6.36. The Morgan fingerprint density at radius 2 is 1.67 bits per heavy atom. The number of rotatable bonds is 4. The van der Waals surface area contributed by atoms with Crippen molar-refractivity contribution in [2.45, 2.75) is 40.5 Å². The lowest BCUT2D eigenvalue weighted by Crippen LogP contribution is -2.13. The first-order chi connectivity index (χ1) is 6.95. The molecular weight excluding hydrogens is 182 g/mol. The van der Waals surface area contributed by atoms with E-state index in [2.05, 4.69) is 46.7 Å². The van der Waals surface area contributed by atoms with Crippen molar-refractivity contribution in [2.75, 3.05) is 20.6 Å². The van der Waals surface area contributed by atoms with Crippen molar-refractivity contribution in [3.05, 3.63) is 22.3 Å². The Morgan fingerprint density at radius 1 is 1.07 bits per heavy atom. The third kappa shape index (κ3) is 2.72. The van der Waals surface area contributed by atoms with E-state index in [9.17, 15) is 0 Å². The van der Waals surface area contributed by atoms with Crippen molar-refractivity contribution >= 4 is 0 Å². The second-order valence-corrected chi connectivity index (χ2v) is 5.10. The van der Waals surface area contributed by atoms with Crippen molar-refractivity contribution in [1.82, 2.24) is 4.90 Å². The average molecular weight is 207 g/mol. The summed E-state index contributed by atoms with van der Waals surface area (Å²) >= 11 is 0. The first-order valence-electron chi connectivity index (χ1n) is 5.97. The monoisotopic (exact) mass is 207 g/mol. The molecule has 0 bridgehead atoms. The van der Waals surface area contributed by atoms with E-state index in [0.29, 0.717) is 5.92 Å². The van der Waals surface area contributed by atoms with Gasteiger partial charge in [-0.1, -0.05) is 18.1 Å². The second kappa shape index (κ2) is 4.98. The molecule has 1 rings (SSSR count). The Bertz CT molecular complexity index is 294. The van der Waals surface area contributed by atoms with E-state index in [0.717, 1.165) is 0 Å². The van der Waals surface area contributed by atoms with Crippen LogP contribution in [0.15, 0.2) is 22.3 Å². The highest BCUT2D eigenvalue weighted by molar-refractivity contribution is 5.46. The maximum atomic E-state index is 2.33. The molecule has 0 aromatic heterocycles. The Balaban J connectivity index is 2.62. The van der Waals surface area contributed by atoms with E-state index >= 15 is 0 Å². The highest BCUT2D eigenvalue weighted by Gasteiger charge is 2.22. The molecular formula is C14H25N. The zero-order chi connectivity index (χ0) is 11.6. The topological polar surface area (TPSA) is 3.24 Å². The summed E-state index contributed by atoms with van der Waals surface area (Å²) in [6.07, 6.45) is 2.52. The molecule has 0 aromatic carbocycles. The Morgan fingerprint density at radius 3 is 2.07 bits per heavy atom. The standard InChI is InChI=1S/C14H25N/c1-10-11(2)13(4)14(12(10)3)8-7-9-15(5)6/h10H,7-9H2,1-6H3. The van der Waals surface area contributed by atoms with Crippen LogP contribution in [0.25, 0.3) is 0 Å². The molecule has 1 atom stereocenters. The summed E-state index contributed by atoms with van der Waals surface area (Å²) in [5, 5.41) is 0. The van der Waals surface area contributed by atoms with Crippen LogP contribution in [0.4, 0.5) is 0 Å². The van der Waals surface area contributed by atoms with Gasteiger partial charge in [0.25, 0.3) is 0 Å². The van der Waals surface area contributed by atoms with E-state index in [-0.39, 0.29) is 0 Å². The van der Waals surface area contributed by atoms with E-state index in [1.165, 1.54) is 19.4 Å². The molecule has 0 saturated carbocycles.